The third kappa shape index (κ3) is 6.53. The quantitative estimate of drug-likeness (QED) is 0.735. The lowest BCUT2D eigenvalue weighted by Gasteiger charge is -2.22. The van der Waals surface area contributed by atoms with Crippen LogP contribution in [-0.4, -0.2) is 19.3 Å². The molecule has 0 fully saturated rings. The maximum absolute atomic E-state index is 5.55. The van der Waals surface area contributed by atoms with Crippen LogP contribution in [0.15, 0.2) is 24.3 Å². The molecule has 1 unspecified atom stereocenters. The fourth-order valence-electron chi connectivity index (χ4n) is 2.25. The number of nitrogens with one attached hydrogen (secondary N) is 1. The Morgan fingerprint density at radius 2 is 1.60 bits per heavy atom. The molecule has 0 aliphatic carbocycles. The summed E-state index contributed by atoms with van der Waals surface area (Å²) in [5.74, 6) is 1.30. The van der Waals surface area contributed by atoms with Crippen molar-refractivity contribution in [3.63, 3.8) is 0 Å². The molecule has 0 heterocycles. The molecule has 2 heteroatoms. The first kappa shape index (κ1) is 17.2. The molecule has 0 aromatic heterocycles. The van der Waals surface area contributed by atoms with E-state index in [4.69, 9.17) is 4.74 Å². The fourth-order valence-corrected chi connectivity index (χ4v) is 2.25. The molecule has 20 heavy (non-hydrogen) atoms. The van der Waals surface area contributed by atoms with Gasteiger partial charge in [0.2, 0.25) is 0 Å². The largest absolute Gasteiger partial charge is 0.380 e. The number of benzene rings is 1. The van der Waals surface area contributed by atoms with E-state index in [-0.39, 0.29) is 0 Å². The molecule has 0 amide bonds. The van der Waals surface area contributed by atoms with E-state index in [0.29, 0.717) is 12.0 Å². The van der Waals surface area contributed by atoms with Gasteiger partial charge in [-0.15, -0.1) is 0 Å². The van der Waals surface area contributed by atoms with Crippen LogP contribution in [0.25, 0.3) is 0 Å². The minimum Gasteiger partial charge on any atom is -0.380 e. The van der Waals surface area contributed by atoms with Crippen molar-refractivity contribution in [1.29, 1.82) is 0 Å². The normalized spacial score (nSPS) is 13.2. The number of rotatable bonds is 9. The molecule has 114 valence electrons. The van der Waals surface area contributed by atoms with E-state index in [0.717, 1.165) is 32.1 Å². The first-order valence-electron chi connectivity index (χ1n) is 7.91. The maximum atomic E-state index is 5.55. The van der Waals surface area contributed by atoms with Gasteiger partial charge in [0, 0.05) is 19.2 Å². The second kappa shape index (κ2) is 9.15. The maximum Gasteiger partial charge on any atom is 0.0622 e. The van der Waals surface area contributed by atoms with E-state index < -0.39 is 0 Å². The molecule has 0 radical (unpaired) electrons. The van der Waals surface area contributed by atoms with Crippen LogP contribution in [0.3, 0.4) is 0 Å². The molecule has 1 atom stereocenters. The van der Waals surface area contributed by atoms with Crippen LogP contribution in [0.1, 0.15) is 45.7 Å². The molecule has 0 spiro atoms. The first-order valence-corrected chi connectivity index (χ1v) is 7.91. The standard InChI is InChI=1S/C18H31NO/c1-6-20-13-18(15(4)5)19-12-17-9-7-16(8-10-17)11-14(2)3/h7-10,14-15,18-19H,6,11-13H2,1-5H3. The summed E-state index contributed by atoms with van der Waals surface area (Å²) in [5, 5.41) is 3.61. The van der Waals surface area contributed by atoms with Gasteiger partial charge < -0.3 is 10.1 Å². The summed E-state index contributed by atoms with van der Waals surface area (Å²) < 4.78 is 5.55. The Kier molecular flexibility index (Phi) is 7.86. The molecule has 1 aromatic rings. The monoisotopic (exact) mass is 277 g/mol. The lowest BCUT2D eigenvalue weighted by molar-refractivity contribution is 0.108. The van der Waals surface area contributed by atoms with Gasteiger partial charge in [0.1, 0.15) is 0 Å². The van der Waals surface area contributed by atoms with Crippen LogP contribution >= 0.6 is 0 Å². The molecule has 0 bridgehead atoms. The summed E-state index contributed by atoms with van der Waals surface area (Å²) in [6.45, 7) is 13.5. The molecule has 0 aliphatic rings. The molecule has 1 rings (SSSR count). The van der Waals surface area contributed by atoms with Crippen molar-refractivity contribution in [3.8, 4) is 0 Å². The zero-order valence-electron chi connectivity index (χ0n) is 13.8. The number of ether oxygens (including phenoxy) is 1. The highest BCUT2D eigenvalue weighted by atomic mass is 16.5. The Bertz CT molecular complexity index is 356. The minimum atomic E-state index is 0.422. The predicted molar refractivity (Wildman–Crippen MR) is 86.9 cm³/mol. The number of hydrogen-bond donors (Lipinski definition) is 1. The lowest BCUT2D eigenvalue weighted by atomic mass is 10.0. The van der Waals surface area contributed by atoms with Crippen molar-refractivity contribution in [3.05, 3.63) is 35.4 Å². The molecule has 1 aromatic carbocycles. The number of hydrogen-bond acceptors (Lipinski definition) is 2. The average molecular weight is 277 g/mol. The van der Waals surface area contributed by atoms with E-state index in [2.05, 4.69) is 57.3 Å². The van der Waals surface area contributed by atoms with Gasteiger partial charge in [-0.2, -0.15) is 0 Å². The van der Waals surface area contributed by atoms with Crippen LogP contribution in [0.4, 0.5) is 0 Å². The Morgan fingerprint density at radius 1 is 1.00 bits per heavy atom. The zero-order chi connectivity index (χ0) is 15.0. The van der Waals surface area contributed by atoms with Crippen LogP contribution in [0, 0.1) is 11.8 Å². The van der Waals surface area contributed by atoms with Gasteiger partial charge in [0.05, 0.1) is 6.61 Å². The van der Waals surface area contributed by atoms with Crippen LogP contribution < -0.4 is 5.32 Å². The summed E-state index contributed by atoms with van der Waals surface area (Å²) in [7, 11) is 0. The molecule has 1 N–H and O–H groups in total. The van der Waals surface area contributed by atoms with Crippen LogP contribution in [0.2, 0.25) is 0 Å². The van der Waals surface area contributed by atoms with Gasteiger partial charge in [-0.25, -0.2) is 0 Å². The Morgan fingerprint density at radius 3 is 2.10 bits per heavy atom. The van der Waals surface area contributed by atoms with E-state index in [1.807, 2.05) is 6.92 Å². The topological polar surface area (TPSA) is 21.3 Å². The summed E-state index contributed by atoms with van der Waals surface area (Å²) in [6.07, 6.45) is 1.16. The van der Waals surface area contributed by atoms with E-state index in [1.165, 1.54) is 11.1 Å². The highest BCUT2D eigenvalue weighted by Crippen LogP contribution is 2.10. The first-order chi connectivity index (χ1) is 9.52. The van der Waals surface area contributed by atoms with Gasteiger partial charge in [-0.05, 0) is 36.3 Å². The van der Waals surface area contributed by atoms with Crippen molar-refractivity contribution in [2.45, 2.75) is 53.6 Å². The summed E-state index contributed by atoms with van der Waals surface area (Å²) in [4.78, 5) is 0. The summed E-state index contributed by atoms with van der Waals surface area (Å²) >= 11 is 0. The third-order valence-electron chi connectivity index (χ3n) is 3.54. The predicted octanol–water partition coefficient (Wildman–Crippen LogP) is 4.04. The second-order valence-corrected chi connectivity index (χ2v) is 6.31. The van der Waals surface area contributed by atoms with Crippen LogP contribution in [0.5, 0.6) is 0 Å². The Balaban J connectivity index is 2.46. The highest BCUT2D eigenvalue weighted by molar-refractivity contribution is 5.22. The van der Waals surface area contributed by atoms with Crippen molar-refractivity contribution < 1.29 is 4.74 Å². The smallest absolute Gasteiger partial charge is 0.0622 e. The highest BCUT2D eigenvalue weighted by Gasteiger charge is 2.12. The van der Waals surface area contributed by atoms with Gasteiger partial charge >= 0.3 is 0 Å². The summed E-state index contributed by atoms with van der Waals surface area (Å²) in [5.41, 5.74) is 2.78. The minimum absolute atomic E-state index is 0.422. The molecule has 2 nitrogen and oxygen atoms in total. The van der Waals surface area contributed by atoms with Crippen molar-refractivity contribution >= 4 is 0 Å². The third-order valence-corrected chi connectivity index (χ3v) is 3.54. The Labute approximate surface area is 124 Å². The summed E-state index contributed by atoms with van der Waals surface area (Å²) in [6, 6.07) is 9.41. The van der Waals surface area contributed by atoms with Crippen molar-refractivity contribution in [2.24, 2.45) is 11.8 Å². The van der Waals surface area contributed by atoms with Crippen molar-refractivity contribution in [2.75, 3.05) is 13.2 Å². The van der Waals surface area contributed by atoms with Gasteiger partial charge in [0.25, 0.3) is 0 Å². The Hall–Kier alpha value is -0.860. The van der Waals surface area contributed by atoms with Crippen molar-refractivity contribution in [1.82, 2.24) is 5.32 Å². The molecule has 0 aliphatic heterocycles. The van der Waals surface area contributed by atoms with E-state index >= 15 is 0 Å². The molecular weight excluding hydrogens is 246 g/mol. The SMILES string of the molecule is CCOCC(NCc1ccc(CC(C)C)cc1)C(C)C. The lowest BCUT2D eigenvalue weighted by Crippen LogP contribution is -2.37. The zero-order valence-corrected chi connectivity index (χ0v) is 13.8. The molecule has 0 saturated carbocycles. The average Bonchev–Trinajstić information content (AvgIpc) is 2.39. The van der Waals surface area contributed by atoms with Gasteiger partial charge in [0.15, 0.2) is 0 Å². The van der Waals surface area contributed by atoms with Gasteiger partial charge in [-0.1, -0.05) is 52.0 Å². The second-order valence-electron chi connectivity index (χ2n) is 6.31. The fraction of sp³-hybridized carbons (Fsp3) is 0.667. The molecule has 0 saturated heterocycles. The van der Waals surface area contributed by atoms with Gasteiger partial charge in [-0.3, -0.25) is 0 Å². The molecular formula is C18H31NO. The van der Waals surface area contributed by atoms with E-state index in [9.17, 15) is 0 Å². The van der Waals surface area contributed by atoms with E-state index in [1.54, 1.807) is 0 Å². The van der Waals surface area contributed by atoms with Crippen LogP contribution in [-0.2, 0) is 17.7 Å².